The van der Waals surface area contributed by atoms with Crippen molar-refractivity contribution >= 4 is 5.97 Å². The van der Waals surface area contributed by atoms with Crippen molar-refractivity contribution in [3.8, 4) is 0 Å². The van der Waals surface area contributed by atoms with E-state index in [0.717, 1.165) is 38.8 Å². The van der Waals surface area contributed by atoms with E-state index in [0.29, 0.717) is 0 Å². The fourth-order valence-corrected chi connectivity index (χ4v) is 1.82. The molecule has 2 aliphatic rings. The average molecular weight is 183 g/mol. The van der Waals surface area contributed by atoms with Gasteiger partial charge in [-0.15, -0.1) is 0 Å². The Morgan fingerprint density at radius 1 is 1.15 bits per heavy atom. The molecule has 0 bridgehead atoms. The number of carbonyl (C=O) groups excluding carboxylic acids is 1. The van der Waals surface area contributed by atoms with Crippen LogP contribution in [0.4, 0.5) is 0 Å². The number of hydrogen-bond donors (Lipinski definition) is 1. The van der Waals surface area contributed by atoms with E-state index < -0.39 is 0 Å². The van der Waals surface area contributed by atoms with Crippen molar-refractivity contribution in [1.29, 1.82) is 0 Å². The lowest BCUT2D eigenvalue weighted by molar-refractivity contribution is -0.158. The number of piperidine rings is 1. The second-order valence-electron chi connectivity index (χ2n) is 4.01. The van der Waals surface area contributed by atoms with Crippen molar-refractivity contribution in [3.63, 3.8) is 0 Å². The highest BCUT2D eigenvalue weighted by atomic mass is 16.5. The normalized spacial score (nSPS) is 25.2. The summed E-state index contributed by atoms with van der Waals surface area (Å²) in [5.41, 5.74) is 0. The summed E-state index contributed by atoms with van der Waals surface area (Å²) >= 11 is 0. The Hall–Kier alpha value is -0.570. The largest absolute Gasteiger partial charge is 0.462 e. The number of carbonyl (C=O) groups is 1. The lowest BCUT2D eigenvalue weighted by atomic mass is 9.85. The Labute approximate surface area is 78.8 Å². The molecule has 2 rings (SSSR count). The standard InChI is InChI=1S/C10H17NO2/c12-10(8-2-1-3-8)13-9-4-6-11-7-5-9/h8-9,11H,1-7H2. The van der Waals surface area contributed by atoms with E-state index in [-0.39, 0.29) is 18.0 Å². The van der Waals surface area contributed by atoms with E-state index in [1.165, 1.54) is 6.42 Å². The summed E-state index contributed by atoms with van der Waals surface area (Å²) in [6.45, 7) is 1.98. The lowest BCUT2D eigenvalue weighted by Gasteiger charge is -2.28. The Kier molecular flexibility index (Phi) is 2.83. The highest BCUT2D eigenvalue weighted by molar-refractivity contribution is 5.73. The number of esters is 1. The quantitative estimate of drug-likeness (QED) is 0.651. The molecule has 2 fully saturated rings. The summed E-state index contributed by atoms with van der Waals surface area (Å²) in [6, 6.07) is 0. The van der Waals surface area contributed by atoms with E-state index in [1.807, 2.05) is 0 Å². The van der Waals surface area contributed by atoms with Gasteiger partial charge in [0, 0.05) is 0 Å². The molecule has 1 saturated carbocycles. The molecule has 1 heterocycles. The van der Waals surface area contributed by atoms with Gasteiger partial charge in [-0.3, -0.25) is 4.79 Å². The smallest absolute Gasteiger partial charge is 0.309 e. The zero-order chi connectivity index (χ0) is 9.10. The molecule has 0 spiro atoms. The maximum absolute atomic E-state index is 11.5. The first-order valence-electron chi connectivity index (χ1n) is 5.27. The topological polar surface area (TPSA) is 38.3 Å². The molecule has 0 unspecified atom stereocenters. The van der Waals surface area contributed by atoms with Gasteiger partial charge in [-0.1, -0.05) is 6.42 Å². The highest BCUT2D eigenvalue weighted by Gasteiger charge is 2.29. The van der Waals surface area contributed by atoms with Gasteiger partial charge in [0.15, 0.2) is 0 Å². The molecule has 0 aromatic carbocycles. The van der Waals surface area contributed by atoms with Crippen molar-refractivity contribution in [1.82, 2.24) is 5.32 Å². The molecule has 3 nitrogen and oxygen atoms in total. The van der Waals surface area contributed by atoms with Crippen LogP contribution in [-0.4, -0.2) is 25.2 Å². The van der Waals surface area contributed by atoms with Gasteiger partial charge < -0.3 is 10.1 Å². The summed E-state index contributed by atoms with van der Waals surface area (Å²) in [4.78, 5) is 11.5. The van der Waals surface area contributed by atoms with Crippen LogP contribution in [0.5, 0.6) is 0 Å². The fraction of sp³-hybridized carbons (Fsp3) is 0.900. The van der Waals surface area contributed by atoms with Crippen LogP contribution in [-0.2, 0) is 9.53 Å². The minimum atomic E-state index is 0.0538. The fourth-order valence-electron chi connectivity index (χ4n) is 1.82. The maximum atomic E-state index is 11.5. The van der Waals surface area contributed by atoms with E-state index in [9.17, 15) is 4.79 Å². The van der Waals surface area contributed by atoms with Crippen LogP contribution in [0.25, 0.3) is 0 Å². The molecule has 13 heavy (non-hydrogen) atoms. The van der Waals surface area contributed by atoms with E-state index in [1.54, 1.807) is 0 Å². The molecule has 3 heteroatoms. The monoisotopic (exact) mass is 183 g/mol. The Morgan fingerprint density at radius 2 is 1.85 bits per heavy atom. The van der Waals surface area contributed by atoms with E-state index in [2.05, 4.69) is 5.32 Å². The Bertz CT molecular complexity index is 183. The molecular formula is C10H17NO2. The average Bonchev–Trinajstić information content (AvgIpc) is 2.02. The van der Waals surface area contributed by atoms with Gasteiger partial charge in [0.05, 0.1) is 5.92 Å². The lowest BCUT2D eigenvalue weighted by Crippen LogP contribution is -2.36. The van der Waals surface area contributed by atoms with Crippen molar-refractivity contribution in [2.24, 2.45) is 5.92 Å². The van der Waals surface area contributed by atoms with Crippen LogP contribution in [0, 0.1) is 5.92 Å². The number of hydrogen-bond acceptors (Lipinski definition) is 3. The predicted molar refractivity (Wildman–Crippen MR) is 49.3 cm³/mol. The van der Waals surface area contributed by atoms with Crippen molar-refractivity contribution in [2.45, 2.75) is 38.2 Å². The van der Waals surface area contributed by atoms with E-state index in [4.69, 9.17) is 4.74 Å². The van der Waals surface area contributed by atoms with Crippen molar-refractivity contribution < 1.29 is 9.53 Å². The predicted octanol–water partition coefficient (Wildman–Crippen LogP) is 1.08. The second-order valence-corrected chi connectivity index (χ2v) is 4.01. The molecule has 1 N–H and O–H groups in total. The Balaban J connectivity index is 1.72. The van der Waals surface area contributed by atoms with Crippen LogP contribution < -0.4 is 5.32 Å². The van der Waals surface area contributed by atoms with Gasteiger partial charge in [0.2, 0.25) is 0 Å². The molecule has 1 aliphatic heterocycles. The van der Waals surface area contributed by atoms with Crippen LogP contribution in [0.1, 0.15) is 32.1 Å². The molecule has 0 aromatic heterocycles. The van der Waals surface area contributed by atoms with Gasteiger partial charge in [-0.05, 0) is 38.8 Å². The van der Waals surface area contributed by atoms with Gasteiger partial charge in [-0.2, -0.15) is 0 Å². The van der Waals surface area contributed by atoms with Crippen LogP contribution >= 0.6 is 0 Å². The van der Waals surface area contributed by atoms with Crippen LogP contribution in [0.3, 0.4) is 0 Å². The van der Waals surface area contributed by atoms with Gasteiger partial charge in [-0.25, -0.2) is 0 Å². The van der Waals surface area contributed by atoms with Crippen LogP contribution in [0.2, 0.25) is 0 Å². The number of rotatable bonds is 2. The number of ether oxygens (including phenoxy) is 1. The zero-order valence-corrected chi connectivity index (χ0v) is 7.92. The summed E-state index contributed by atoms with van der Waals surface area (Å²) in [6.07, 6.45) is 5.45. The summed E-state index contributed by atoms with van der Waals surface area (Å²) < 4.78 is 5.42. The summed E-state index contributed by atoms with van der Waals surface area (Å²) in [7, 11) is 0. The summed E-state index contributed by atoms with van der Waals surface area (Å²) in [5, 5.41) is 3.25. The minimum Gasteiger partial charge on any atom is -0.462 e. The minimum absolute atomic E-state index is 0.0538. The zero-order valence-electron chi connectivity index (χ0n) is 7.92. The molecule has 74 valence electrons. The van der Waals surface area contributed by atoms with Gasteiger partial charge in [0.1, 0.15) is 6.10 Å². The Morgan fingerprint density at radius 3 is 2.38 bits per heavy atom. The van der Waals surface area contributed by atoms with Crippen molar-refractivity contribution in [3.05, 3.63) is 0 Å². The third-order valence-electron chi connectivity index (χ3n) is 3.01. The van der Waals surface area contributed by atoms with Crippen molar-refractivity contribution in [2.75, 3.05) is 13.1 Å². The molecular weight excluding hydrogens is 166 g/mol. The molecule has 0 aromatic rings. The molecule has 0 atom stereocenters. The van der Waals surface area contributed by atoms with Gasteiger partial charge in [0.25, 0.3) is 0 Å². The second kappa shape index (κ2) is 4.09. The molecule has 1 aliphatic carbocycles. The van der Waals surface area contributed by atoms with E-state index >= 15 is 0 Å². The summed E-state index contributed by atoms with van der Waals surface area (Å²) in [5.74, 6) is 0.285. The first-order chi connectivity index (χ1) is 6.36. The SMILES string of the molecule is O=C(OC1CCNCC1)C1CCC1. The highest BCUT2D eigenvalue weighted by Crippen LogP contribution is 2.28. The molecule has 0 radical (unpaired) electrons. The first-order valence-corrected chi connectivity index (χ1v) is 5.27. The molecule has 1 saturated heterocycles. The third kappa shape index (κ3) is 2.21. The first kappa shape index (κ1) is 9.00. The maximum Gasteiger partial charge on any atom is 0.309 e. The molecule has 0 amide bonds. The van der Waals surface area contributed by atoms with Gasteiger partial charge >= 0.3 is 5.97 Å². The van der Waals surface area contributed by atoms with Crippen LogP contribution in [0.15, 0.2) is 0 Å². The number of nitrogens with one attached hydrogen (secondary N) is 1. The third-order valence-corrected chi connectivity index (χ3v) is 3.01.